The molecule has 2 aliphatic rings. The lowest BCUT2D eigenvalue weighted by Gasteiger charge is -2.24. The molecule has 1 heterocycles. The van der Waals surface area contributed by atoms with Crippen LogP contribution >= 0.6 is 0 Å². The first-order valence-electron chi connectivity index (χ1n) is 11.8. The number of fused-ring (bicyclic) bond motifs is 4. The van der Waals surface area contributed by atoms with Crippen molar-refractivity contribution in [3.63, 3.8) is 0 Å². The van der Waals surface area contributed by atoms with Crippen LogP contribution in [0.3, 0.4) is 0 Å². The van der Waals surface area contributed by atoms with E-state index in [1.54, 1.807) is 17.0 Å². The molecule has 0 radical (unpaired) electrons. The van der Waals surface area contributed by atoms with Crippen LogP contribution in [0.15, 0.2) is 66.7 Å². The van der Waals surface area contributed by atoms with Gasteiger partial charge in [-0.25, -0.2) is 9.59 Å². The second kappa shape index (κ2) is 9.25. The van der Waals surface area contributed by atoms with Crippen LogP contribution in [0.2, 0.25) is 0 Å². The molecular formula is C28H26N2O5. The van der Waals surface area contributed by atoms with Crippen LogP contribution in [0.1, 0.15) is 46.3 Å². The quantitative estimate of drug-likeness (QED) is 0.549. The van der Waals surface area contributed by atoms with E-state index in [0.29, 0.717) is 25.1 Å². The monoisotopic (exact) mass is 470 g/mol. The van der Waals surface area contributed by atoms with Crippen molar-refractivity contribution in [3.05, 3.63) is 89.0 Å². The lowest BCUT2D eigenvalue weighted by Crippen LogP contribution is -2.48. The van der Waals surface area contributed by atoms with Gasteiger partial charge in [-0.2, -0.15) is 0 Å². The van der Waals surface area contributed by atoms with Crippen molar-refractivity contribution in [3.8, 4) is 11.1 Å². The smallest absolute Gasteiger partial charge is 0.407 e. The number of carbonyl (C=O) groups is 3. The van der Waals surface area contributed by atoms with E-state index in [4.69, 9.17) is 4.74 Å². The van der Waals surface area contributed by atoms with Crippen molar-refractivity contribution in [2.75, 3.05) is 18.1 Å². The molecule has 0 saturated carbocycles. The fourth-order valence-electron chi connectivity index (χ4n) is 5.07. The van der Waals surface area contributed by atoms with Crippen molar-refractivity contribution < 1.29 is 24.2 Å². The topological polar surface area (TPSA) is 95.9 Å². The number of nitrogens with one attached hydrogen (secondary N) is 1. The maximum Gasteiger partial charge on any atom is 0.407 e. The van der Waals surface area contributed by atoms with Gasteiger partial charge in [-0.15, -0.1) is 0 Å². The van der Waals surface area contributed by atoms with Gasteiger partial charge >= 0.3 is 12.1 Å². The third-order valence-electron chi connectivity index (χ3n) is 6.83. The molecule has 0 fully saturated rings. The number of carbonyl (C=O) groups excluding carboxylic acids is 2. The van der Waals surface area contributed by atoms with Crippen LogP contribution in [-0.2, 0) is 16.0 Å². The van der Waals surface area contributed by atoms with Gasteiger partial charge in [-0.05, 0) is 58.9 Å². The van der Waals surface area contributed by atoms with Gasteiger partial charge in [0.1, 0.15) is 12.6 Å². The SMILES string of the molecule is CC[C@@H](NC(=O)OCC1c2ccccc2-c2ccccc21)C(=O)N1CCc2cc(C(=O)O)ccc21. The number of rotatable bonds is 6. The number of carboxylic acid groups (broad SMARTS) is 1. The number of hydrogen-bond acceptors (Lipinski definition) is 4. The van der Waals surface area contributed by atoms with Gasteiger partial charge < -0.3 is 20.1 Å². The van der Waals surface area contributed by atoms with E-state index < -0.39 is 18.1 Å². The second-order valence-corrected chi connectivity index (χ2v) is 8.82. The van der Waals surface area contributed by atoms with Gasteiger partial charge in [-0.1, -0.05) is 55.5 Å². The predicted octanol–water partition coefficient (Wildman–Crippen LogP) is 4.59. The molecule has 35 heavy (non-hydrogen) atoms. The molecule has 5 rings (SSSR count). The Hall–Kier alpha value is -4.13. The lowest BCUT2D eigenvalue weighted by atomic mass is 9.98. The first kappa shape index (κ1) is 22.7. The predicted molar refractivity (Wildman–Crippen MR) is 132 cm³/mol. The van der Waals surface area contributed by atoms with Crippen molar-refractivity contribution in [1.82, 2.24) is 5.32 Å². The van der Waals surface area contributed by atoms with E-state index in [1.807, 2.05) is 31.2 Å². The van der Waals surface area contributed by atoms with Gasteiger partial charge in [0.05, 0.1) is 5.56 Å². The summed E-state index contributed by atoms with van der Waals surface area (Å²) in [6, 6.07) is 20.2. The van der Waals surface area contributed by atoms with Crippen molar-refractivity contribution in [2.45, 2.75) is 31.7 Å². The summed E-state index contributed by atoms with van der Waals surface area (Å²) in [4.78, 5) is 38.8. The Labute approximate surface area is 203 Å². The van der Waals surface area contributed by atoms with Crippen LogP contribution in [-0.4, -0.2) is 42.3 Å². The van der Waals surface area contributed by atoms with E-state index in [2.05, 4.69) is 29.6 Å². The standard InChI is InChI=1S/C28H26N2O5/c1-2-24(26(31)30-14-13-17-15-18(27(32)33)11-12-25(17)30)29-28(34)35-16-23-21-9-5-3-7-19(21)20-8-4-6-10-22(20)23/h3-12,15,23-24H,2,13-14,16H2,1H3,(H,29,34)(H,32,33)/t24-/m1/s1. The minimum Gasteiger partial charge on any atom is -0.478 e. The number of hydrogen-bond donors (Lipinski definition) is 2. The van der Waals surface area contributed by atoms with Gasteiger partial charge in [0, 0.05) is 18.2 Å². The number of aromatic carboxylic acids is 1. The summed E-state index contributed by atoms with van der Waals surface area (Å²) in [7, 11) is 0. The van der Waals surface area contributed by atoms with Crippen LogP contribution in [0, 0.1) is 0 Å². The zero-order chi connectivity index (χ0) is 24.5. The molecule has 1 atom stereocenters. The van der Waals surface area contributed by atoms with E-state index in [-0.39, 0.29) is 24.0 Å². The van der Waals surface area contributed by atoms with E-state index >= 15 is 0 Å². The average Bonchev–Trinajstić information content (AvgIpc) is 3.44. The maximum absolute atomic E-state index is 13.2. The maximum atomic E-state index is 13.2. The molecule has 1 aliphatic carbocycles. The Bertz CT molecular complexity index is 1270. The molecule has 0 spiro atoms. The normalized spacial score (nSPS) is 14.6. The minimum absolute atomic E-state index is 0.0576. The second-order valence-electron chi connectivity index (χ2n) is 8.82. The van der Waals surface area contributed by atoms with E-state index in [0.717, 1.165) is 27.8 Å². The molecule has 3 aromatic rings. The summed E-state index contributed by atoms with van der Waals surface area (Å²) in [5, 5.41) is 11.9. The number of alkyl carbamates (subject to hydrolysis) is 1. The first-order valence-corrected chi connectivity index (χ1v) is 11.8. The molecule has 2 amide bonds. The lowest BCUT2D eigenvalue weighted by molar-refractivity contribution is -0.120. The molecular weight excluding hydrogens is 444 g/mol. The Morgan fingerprint density at radius 3 is 2.31 bits per heavy atom. The molecule has 3 aromatic carbocycles. The highest BCUT2D eigenvalue weighted by Gasteiger charge is 2.32. The summed E-state index contributed by atoms with van der Waals surface area (Å²) in [5.74, 6) is -1.29. The number of anilines is 1. The molecule has 2 N–H and O–H groups in total. The van der Waals surface area contributed by atoms with E-state index in [1.165, 1.54) is 6.07 Å². The minimum atomic E-state index is -0.999. The Balaban J connectivity index is 1.25. The molecule has 7 heteroatoms. The van der Waals surface area contributed by atoms with Crippen molar-refractivity contribution >= 4 is 23.7 Å². The van der Waals surface area contributed by atoms with Gasteiger partial charge in [0.15, 0.2) is 0 Å². The van der Waals surface area contributed by atoms with Gasteiger partial charge in [0.2, 0.25) is 5.91 Å². The van der Waals surface area contributed by atoms with Crippen LogP contribution < -0.4 is 10.2 Å². The average molecular weight is 471 g/mol. The number of nitrogens with zero attached hydrogens (tertiary/aromatic N) is 1. The third kappa shape index (κ3) is 4.14. The molecule has 0 bridgehead atoms. The summed E-state index contributed by atoms with van der Waals surface area (Å²) in [6.45, 7) is 2.45. The highest BCUT2D eigenvalue weighted by atomic mass is 16.5. The van der Waals surface area contributed by atoms with Crippen LogP contribution in [0.4, 0.5) is 10.5 Å². The zero-order valence-electron chi connectivity index (χ0n) is 19.4. The van der Waals surface area contributed by atoms with Gasteiger partial charge in [-0.3, -0.25) is 4.79 Å². The number of amides is 2. The molecule has 7 nitrogen and oxygen atoms in total. The van der Waals surface area contributed by atoms with Crippen LogP contribution in [0.25, 0.3) is 11.1 Å². The summed E-state index contributed by atoms with van der Waals surface area (Å²) in [6.07, 6.45) is 0.346. The largest absolute Gasteiger partial charge is 0.478 e. The van der Waals surface area contributed by atoms with Crippen molar-refractivity contribution in [2.24, 2.45) is 0 Å². The van der Waals surface area contributed by atoms with Crippen molar-refractivity contribution in [1.29, 1.82) is 0 Å². The summed E-state index contributed by atoms with van der Waals surface area (Å²) in [5.41, 5.74) is 6.25. The number of carboxylic acids is 1. The highest BCUT2D eigenvalue weighted by molar-refractivity contribution is 6.01. The molecule has 178 valence electrons. The summed E-state index contributed by atoms with van der Waals surface area (Å²) < 4.78 is 5.61. The third-order valence-corrected chi connectivity index (χ3v) is 6.83. The fourth-order valence-corrected chi connectivity index (χ4v) is 5.07. The fraction of sp³-hybridized carbons (Fsp3) is 0.250. The number of ether oxygens (including phenoxy) is 1. The Kier molecular flexibility index (Phi) is 5.99. The van der Waals surface area contributed by atoms with E-state index in [9.17, 15) is 19.5 Å². The molecule has 1 aliphatic heterocycles. The molecule has 0 unspecified atom stereocenters. The zero-order valence-corrected chi connectivity index (χ0v) is 19.4. The number of benzene rings is 3. The summed E-state index contributed by atoms with van der Waals surface area (Å²) >= 11 is 0. The Morgan fingerprint density at radius 2 is 1.69 bits per heavy atom. The van der Waals surface area contributed by atoms with Crippen LogP contribution in [0.5, 0.6) is 0 Å². The highest BCUT2D eigenvalue weighted by Crippen LogP contribution is 2.44. The molecule has 0 saturated heterocycles. The molecule has 0 aromatic heterocycles. The first-order chi connectivity index (χ1) is 17.0. The Morgan fingerprint density at radius 1 is 1.03 bits per heavy atom. The van der Waals surface area contributed by atoms with Gasteiger partial charge in [0.25, 0.3) is 0 Å².